The Morgan fingerprint density at radius 2 is 0.360 bits per heavy atom. The van der Waals surface area contributed by atoms with Gasteiger partial charge in [-0.05, 0) is 19.3 Å². The van der Waals surface area contributed by atoms with E-state index in [2.05, 4.69) is 20.8 Å². The Balaban J connectivity index is 3.99. The van der Waals surface area contributed by atoms with Crippen LogP contribution in [0.5, 0.6) is 0 Å². The van der Waals surface area contributed by atoms with Gasteiger partial charge in [0.2, 0.25) is 0 Å². The van der Waals surface area contributed by atoms with E-state index in [0.29, 0.717) is 19.3 Å². The molecule has 0 fully saturated rings. The number of esters is 3. The first kappa shape index (κ1) is 73.4. The minimum absolute atomic E-state index is 0.0609. The summed E-state index contributed by atoms with van der Waals surface area (Å²) >= 11 is 0. The van der Waals surface area contributed by atoms with Crippen molar-refractivity contribution in [1.82, 2.24) is 0 Å². The highest BCUT2D eigenvalue weighted by Crippen LogP contribution is 2.19. The van der Waals surface area contributed by atoms with E-state index in [4.69, 9.17) is 14.2 Å². The average Bonchev–Trinajstić information content (AvgIpc) is 3.41. The molecule has 446 valence electrons. The lowest BCUT2D eigenvalue weighted by Crippen LogP contribution is -2.30. The molecule has 1 unspecified atom stereocenters. The van der Waals surface area contributed by atoms with Crippen molar-refractivity contribution < 1.29 is 28.6 Å². The summed E-state index contributed by atoms with van der Waals surface area (Å²) in [4.78, 5) is 38.2. The number of rotatable bonds is 65. The fourth-order valence-electron chi connectivity index (χ4n) is 10.9. The summed E-state index contributed by atoms with van der Waals surface area (Å²) in [5, 5.41) is 0. The van der Waals surface area contributed by atoms with Gasteiger partial charge < -0.3 is 14.2 Å². The molecule has 0 spiro atoms. The van der Waals surface area contributed by atoms with Crippen LogP contribution >= 0.6 is 0 Å². The Hall–Kier alpha value is -1.59. The van der Waals surface area contributed by atoms with Crippen molar-refractivity contribution in [3.05, 3.63) is 0 Å². The van der Waals surface area contributed by atoms with Crippen LogP contribution in [0.1, 0.15) is 406 Å². The molecule has 0 heterocycles. The third-order valence-corrected chi connectivity index (χ3v) is 16.1. The maximum absolute atomic E-state index is 12.9. The molecule has 0 aliphatic rings. The summed E-state index contributed by atoms with van der Waals surface area (Å²) in [6.45, 7) is 6.71. The van der Waals surface area contributed by atoms with Gasteiger partial charge in [0.25, 0.3) is 0 Å². The minimum Gasteiger partial charge on any atom is -0.462 e. The molecule has 6 heteroatoms. The van der Waals surface area contributed by atoms with Crippen LogP contribution in [0.3, 0.4) is 0 Å². The zero-order valence-electron chi connectivity index (χ0n) is 51.4. The van der Waals surface area contributed by atoms with Crippen LogP contribution in [0.25, 0.3) is 0 Å². The molecule has 0 rings (SSSR count). The number of carbonyl (C=O) groups is 3. The van der Waals surface area contributed by atoms with Gasteiger partial charge in [-0.25, -0.2) is 0 Å². The molecule has 0 aromatic carbocycles. The van der Waals surface area contributed by atoms with E-state index in [1.165, 1.54) is 308 Å². The van der Waals surface area contributed by atoms with Crippen LogP contribution < -0.4 is 0 Å². The van der Waals surface area contributed by atoms with Crippen molar-refractivity contribution in [1.29, 1.82) is 0 Å². The number of ether oxygens (including phenoxy) is 3. The first-order valence-corrected chi connectivity index (χ1v) is 34.5. The topological polar surface area (TPSA) is 78.9 Å². The van der Waals surface area contributed by atoms with Gasteiger partial charge in [0, 0.05) is 19.3 Å². The lowest BCUT2D eigenvalue weighted by atomic mass is 10.0. The summed E-state index contributed by atoms with van der Waals surface area (Å²) in [5.74, 6) is -0.829. The van der Waals surface area contributed by atoms with Crippen molar-refractivity contribution in [2.45, 2.75) is 412 Å². The fraction of sp³-hybridized carbons (Fsp3) is 0.957. The Kier molecular flexibility index (Phi) is 63.6. The van der Waals surface area contributed by atoms with E-state index in [9.17, 15) is 14.4 Å². The molecule has 1 atom stereocenters. The molecule has 0 aromatic rings. The number of unbranched alkanes of at least 4 members (excludes halogenated alkanes) is 54. The van der Waals surface area contributed by atoms with Gasteiger partial charge in [-0.15, -0.1) is 0 Å². The Morgan fingerprint density at radius 3 is 0.533 bits per heavy atom. The third kappa shape index (κ3) is 63.1. The van der Waals surface area contributed by atoms with Gasteiger partial charge >= 0.3 is 17.9 Å². The molecule has 0 radical (unpaired) electrons. The summed E-state index contributed by atoms with van der Waals surface area (Å²) in [7, 11) is 0. The van der Waals surface area contributed by atoms with Gasteiger partial charge in [0.15, 0.2) is 6.10 Å². The molecule has 0 amide bonds. The molecule has 0 saturated heterocycles. The van der Waals surface area contributed by atoms with Gasteiger partial charge in [-0.2, -0.15) is 0 Å². The average molecular weight is 1060 g/mol. The molecule has 75 heavy (non-hydrogen) atoms. The number of hydrogen-bond donors (Lipinski definition) is 0. The maximum atomic E-state index is 12.9. The molecule has 0 aliphatic heterocycles. The van der Waals surface area contributed by atoms with E-state index < -0.39 is 6.10 Å². The van der Waals surface area contributed by atoms with Gasteiger partial charge in [-0.3, -0.25) is 14.4 Å². The monoisotopic (exact) mass is 1060 g/mol. The predicted octanol–water partition coefficient (Wildman–Crippen LogP) is 23.5. The Morgan fingerprint density at radius 1 is 0.213 bits per heavy atom. The molecule has 0 bridgehead atoms. The predicted molar refractivity (Wildman–Crippen MR) is 326 cm³/mol. The molecule has 0 aromatic heterocycles. The first-order valence-electron chi connectivity index (χ1n) is 34.5. The van der Waals surface area contributed by atoms with Crippen LogP contribution in [0.15, 0.2) is 0 Å². The summed E-state index contributed by atoms with van der Waals surface area (Å²) < 4.78 is 16.9. The van der Waals surface area contributed by atoms with Crippen LogP contribution in [0.2, 0.25) is 0 Å². The lowest BCUT2D eigenvalue weighted by molar-refractivity contribution is -0.167. The lowest BCUT2D eigenvalue weighted by Gasteiger charge is -2.18. The molecule has 6 nitrogen and oxygen atoms in total. The van der Waals surface area contributed by atoms with E-state index in [1.807, 2.05) is 0 Å². The van der Waals surface area contributed by atoms with Crippen molar-refractivity contribution in [3.63, 3.8) is 0 Å². The zero-order chi connectivity index (χ0) is 54.3. The second-order valence-corrected chi connectivity index (χ2v) is 23.8. The third-order valence-electron chi connectivity index (χ3n) is 16.1. The highest BCUT2D eigenvalue weighted by atomic mass is 16.6. The Bertz CT molecular complexity index is 1120. The second kappa shape index (κ2) is 64.9. The zero-order valence-corrected chi connectivity index (χ0v) is 51.4. The van der Waals surface area contributed by atoms with Crippen LogP contribution in [-0.4, -0.2) is 37.2 Å². The quantitative estimate of drug-likeness (QED) is 0.0343. The van der Waals surface area contributed by atoms with E-state index in [0.717, 1.165) is 57.8 Å². The van der Waals surface area contributed by atoms with Gasteiger partial charge in [-0.1, -0.05) is 367 Å². The van der Waals surface area contributed by atoms with Crippen molar-refractivity contribution >= 4 is 17.9 Å². The number of carbonyl (C=O) groups excluding carboxylic acids is 3. The largest absolute Gasteiger partial charge is 0.462 e. The van der Waals surface area contributed by atoms with E-state index >= 15 is 0 Å². The fourth-order valence-corrected chi connectivity index (χ4v) is 10.9. The first-order chi connectivity index (χ1) is 37.0. The van der Waals surface area contributed by atoms with Crippen LogP contribution in [0, 0.1) is 0 Å². The standard InChI is InChI=1S/C69H134O6/c1-4-7-10-13-16-19-22-24-26-27-28-29-30-31-32-33-34-35-36-37-38-39-40-41-42-44-45-47-50-53-56-59-62-68(71)74-65-66(64-73-67(70)61-58-55-52-49-21-18-15-12-9-6-3)75-69(72)63-60-57-54-51-48-46-43-25-23-20-17-14-11-8-5-2/h66H,4-65H2,1-3H3. The van der Waals surface area contributed by atoms with Crippen LogP contribution in [-0.2, 0) is 28.6 Å². The summed E-state index contributed by atoms with van der Waals surface area (Å²) in [5.41, 5.74) is 0. The van der Waals surface area contributed by atoms with Crippen molar-refractivity contribution in [2.75, 3.05) is 13.2 Å². The smallest absolute Gasteiger partial charge is 0.306 e. The highest BCUT2D eigenvalue weighted by Gasteiger charge is 2.19. The second-order valence-electron chi connectivity index (χ2n) is 23.8. The van der Waals surface area contributed by atoms with Crippen molar-refractivity contribution in [2.24, 2.45) is 0 Å². The van der Waals surface area contributed by atoms with Crippen molar-refractivity contribution in [3.8, 4) is 0 Å². The molecule has 0 aliphatic carbocycles. The summed E-state index contributed by atoms with van der Waals surface area (Å²) in [6.07, 6.45) is 75.8. The molecule has 0 N–H and O–H groups in total. The molecular weight excluding hydrogens is 925 g/mol. The maximum Gasteiger partial charge on any atom is 0.306 e. The van der Waals surface area contributed by atoms with Gasteiger partial charge in [0.1, 0.15) is 13.2 Å². The Labute approximate surface area is 469 Å². The molecule has 0 saturated carbocycles. The minimum atomic E-state index is -0.761. The summed E-state index contributed by atoms with van der Waals surface area (Å²) in [6, 6.07) is 0. The SMILES string of the molecule is CCCCCCCCCCCCCCCCCCCCCCCCCCCCCCCCCCC(=O)OCC(COC(=O)CCCCCCCCCCCC)OC(=O)CCCCCCCCCCCCCCCCC. The highest BCUT2D eigenvalue weighted by molar-refractivity contribution is 5.71. The van der Waals surface area contributed by atoms with E-state index in [1.54, 1.807) is 0 Å². The van der Waals surface area contributed by atoms with E-state index in [-0.39, 0.29) is 31.1 Å². The normalized spacial score (nSPS) is 11.9. The van der Waals surface area contributed by atoms with Gasteiger partial charge in [0.05, 0.1) is 0 Å². The van der Waals surface area contributed by atoms with Crippen LogP contribution in [0.4, 0.5) is 0 Å². The molecular formula is C69H134O6. The number of hydrogen-bond acceptors (Lipinski definition) is 6.